The van der Waals surface area contributed by atoms with E-state index in [1.54, 1.807) is 30.3 Å². The summed E-state index contributed by atoms with van der Waals surface area (Å²) in [6.07, 6.45) is -4.08. The smallest absolute Gasteiger partial charge is 0.299 e. The Morgan fingerprint density at radius 1 is 1.10 bits per heavy atom. The van der Waals surface area contributed by atoms with Crippen LogP contribution in [-0.4, -0.2) is 17.7 Å². The lowest BCUT2D eigenvalue weighted by Crippen LogP contribution is -2.39. The van der Waals surface area contributed by atoms with Crippen molar-refractivity contribution in [1.29, 1.82) is 0 Å². The van der Waals surface area contributed by atoms with Gasteiger partial charge in [0.1, 0.15) is 17.0 Å². The molecular weight excluding hydrogens is 281 g/mol. The van der Waals surface area contributed by atoms with Crippen LogP contribution in [0.1, 0.15) is 31.7 Å². The third-order valence-electron chi connectivity index (χ3n) is 4.15. The monoisotopic (exact) mass is 296 g/mol. The first-order chi connectivity index (χ1) is 9.69. The van der Waals surface area contributed by atoms with Crippen LogP contribution in [0.4, 0.5) is 13.2 Å². The van der Waals surface area contributed by atoms with Crippen LogP contribution in [0.25, 0.3) is 0 Å². The molecule has 1 atom stereocenters. The van der Waals surface area contributed by atoms with Gasteiger partial charge >= 0.3 is 6.18 Å². The fourth-order valence-corrected chi connectivity index (χ4v) is 2.98. The molecule has 0 aliphatic heterocycles. The summed E-state index contributed by atoms with van der Waals surface area (Å²) in [5.41, 5.74) is -1.91. The highest BCUT2D eigenvalue weighted by Crippen LogP contribution is 2.53. The van der Waals surface area contributed by atoms with E-state index in [9.17, 15) is 22.8 Å². The molecule has 112 valence electrons. The number of Topliss-reactive ketones (excluding diaryl/α,β-unsaturated/α-hetero) is 2. The van der Waals surface area contributed by atoms with Crippen molar-refractivity contribution in [2.75, 3.05) is 0 Å². The lowest BCUT2D eigenvalue weighted by Gasteiger charge is -2.31. The minimum atomic E-state index is -4.53. The molecule has 0 heterocycles. The van der Waals surface area contributed by atoms with Gasteiger partial charge in [-0.1, -0.05) is 36.4 Å². The lowest BCUT2D eigenvalue weighted by atomic mass is 9.68. The largest absolute Gasteiger partial charge is 0.412 e. The van der Waals surface area contributed by atoms with Gasteiger partial charge < -0.3 is 0 Å². The molecular formula is C16H15F3O2. The molecule has 1 aromatic rings. The summed E-state index contributed by atoms with van der Waals surface area (Å²) in [5.74, 6) is -1.93. The third-order valence-corrected chi connectivity index (χ3v) is 4.15. The second-order valence-corrected chi connectivity index (χ2v) is 5.34. The van der Waals surface area contributed by atoms with Gasteiger partial charge in [-0.25, -0.2) is 0 Å². The standard InChI is InChI=1S/C16H15F3O2/c1-10(20)15(11(2)21)9-13(16(17,18)19)8-14(15)12-6-4-3-5-7-12/h3-8,14H,9H2,1-2H3. The Hall–Kier alpha value is -1.91. The Morgan fingerprint density at radius 3 is 2.05 bits per heavy atom. The highest BCUT2D eigenvalue weighted by molar-refractivity contribution is 6.07. The van der Waals surface area contributed by atoms with Crippen molar-refractivity contribution in [2.45, 2.75) is 32.4 Å². The average molecular weight is 296 g/mol. The van der Waals surface area contributed by atoms with E-state index >= 15 is 0 Å². The minimum Gasteiger partial charge on any atom is -0.299 e. The fraction of sp³-hybridized carbons (Fsp3) is 0.375. The predicted molar refractivity (Wildman–Crippen MR) is 71.7 cm³/mol. The van der Waals surface area contributed by atoms with Crippen LogP contribution in [-0.2, 0) is 9.59 Å². The first kappa shape index (κ1) is 15.5. The summed E-state index contributed by atoms with van der Waals surface area (Å²) in [7, 11) is 0. The van der Waals surface area contributed by atoms with Crippen LogP contribution in [0.15, 0.2) is 42.0 Å². The van der Waals surface area contributed by atoms with Crippen LogP contribution in [0.2, 0.25) is 0 Å². The summed E-state index contributed by atoms with van der Waals surface area (Å²) in [6, 6.07) is 8.37. The van der Waals surface area contributed by atoms with Gasteiger partial charge in [-0.05, 0) is 25.8 Å². The van der Waals surface area contributed by atoms with E-state index in [-0.39, 0.29) is 0 Å². The molecule has 0 saturated heterocycles. The van der Waals surface area contributed by atoms with Crippen molar-refractivity contribution in [3.05, 3.63) is 47.5 Å². The summed E-state index contributed by atoms with van der Waals surface area (Å²) in [6.45, 7) is 2.37. The van der Waals surface area contributed by atoms with E-state index in [0.717, 1.165) is 6.08 Å². The lowest BCUT2D eigenvalue weighted by molar-refractivity contribution is -0.139. The number of alkyl halides is 3. The van der Waals surface area contributed by atoms with Crippen molar-refractivity contribution in [2.24, 2.45) is 5.41 Å². The normalized spacial score (nSPS) is 21.0. The molecule has 2 rings (SSSR count). The zero-order chi connectivity index (χ0) is 15.8. The SMILES string of the molecule is CC(=O)C1(C(C)=O)CC(C(F)(F)F)=CC1c1ccccc1. The van der Waals surface area contributed by atoms with E-state index in [1.807, 2.05) is 0 Å². The van der Waals surface area contributed by atoms with E-state index < -0.39 is 41.1 Å². The number of benzene rings is 1. The van der Waals surface area contributed by atoms with Crippen LogP contribution in [0, 0.1) is 5.41 Å². The van der Waals surface area contributed by atoms with Crippen molar-refractivity contribution >= 4 is 11.6 Å². The maximum absolute atomic E-state index is 13.0. The molecule has 0 N–H and O–H groups in total. The molecule has 0 fully saturated rings. The first-order valence-corrected chi connectivity index (χ1v) is 6.54. The number of carbonyl (C=O) groups is 2. The second kappa shape index (κ2) is 5.13. The van der Waals surface area contributed by atoms with Gasteiger partial charge in [-0.15, -0.1) is 0 Å². The number of ketones is 2. The van der Waals surface area contributed by atoms with Crippen LogP contribution in [0.5, 0.6) is 0 Å². The third kappa shape index (κ3) is 2.52. The van der Waals surface area contributed by atoms with Gasteiger partial charge in [-0.3, -0.25) is 9.59 Å². The van der Waals surface area contributed by atoms with Gasteiger partial charge in [-0.2, -0.15) is 13.2 Å². The number of halogens is 3. The topological polar surface area (TPSA) is 34.1 Å². The van der Waals surface area contributed by atoms with E-state index in [4.69, 9.17) is 0 Å². The molecule has 21 heavy (non-hydrogen) atoms. The summed E-state index contributed by atoms with van der Waals surface area (Å²) < 4.78 is 39.1. The zero-order valence-electron chi connectivity index (χ0n) is 11.7. The number of hydrogen-bond acceptors (Lipinski definition) is 2. The fourth-order valence-electron chi connectivity index (χ4n) is 2.98. The minimum absolute atomic E-state index is 0.528. The highest BCUT2D eigenvalue weighted by atomic mass is 19.4. The molecule has 0 saturated carbocycles. The number of allylic oxidation sites excluding steroid dienone is 2. The molecule has 1 aliphatic rings. The van der Waals surface area contributed by atoms with Crippen LogP contribution in [0.3, 0.4) is 0 Å². The molecule has 1 aliphatic carbocycles. The Kier molecular flexibility index (Phi) is 3.78. The van der Waals surface area contributed by atoms with Crippen molar-refractivity contribution in [1.82, 2.24) is 0 Å². The zero-order valence-corrected chi connectivity index (χ0v) is 11.7. The maximum atomic E-state index is 13.0. The van der Waals surface area contributed by atoms with E-state index in [2.05, 4.69) is 0 Å². The molecule has 0 amide bonds. The number of rotatable bonds is 3. The molecule has 0 radical (unpaired) electrons. The molecule has 0 bridgehead atoms. The summed E-state index contributed by atoms with van der Waals surface area (Å²) >= 11 is 0. The first-order valence-electron chi connectivity index (χ1n) is 6.54. The van der Waals surface area contributed by atoms with E-state index in [0.29, 0.717) is 5.56 Å². The Labute approximate surface area is 120 Å². The van der Waals surface area contributed by atoms with Crippen molar-refractivity contribution in [3.63, 3.8) is 0 Å². The molecule has 0 aromatic heterocycles. The van der Waals surface area contributed by atoms with Gasteiger partial charge in [0.25, 0.3) is 0 Å². The summed E-state index contributed by atoms with van der Waals surface area (Å²) in [4.78, 5) is 24.1. The van der Waals surface area contributed by atoms with Crippen LogP contribution >= 0.6 is 0 Å². The molecule has 5 heteroatoms. The predicted octanol–water partition coefficient (Wildman–Crippen LogP) is 3.83. The van der Waals surface area contributed by atoms with Crippen LogP contribution < -0.4 is 0 Å². The van der Waals surface area contributed by atoms with Crippen molar-refractivity contribution in [3.8, 4) is 0 Å². The van der Waals surface area contributed by atoms with Gasteiger partial charge in [0.05, 0.1) is 0 Å². The van der Waals surface area contributed by atoms with Gasteiger partial charge in [0.2, 0.25) is 0 Å². The van der Waals surface area contributed by atoms with E-state index in [1.165, 1.54) is 13.8 Å². The highest BCUT2D eigenvalue weighted by Gasteiger charge is 2.55. The quantitative estimate of drug-likeness (QED) is 0.627. The Bertz CT molecular complexity index is 586. The average Bonchev–Trinajstić information content (AvgIpc) is 2.81. The molecule has 1 aromatic carbocycles. The molecule has 1 unspecified atom stereocenters. The summed E-state index contributed by atoms with van der Waals surface area (Å²) in [5, 5.41) is 0. The number of carbonyl (C=O) groups excluding carboxylic acids is 2. The molecule has 2 nitrogen and oxygen atoms in total. The number of hydrogen-bond donors (Lipinski definition) is 0. The van der Waals surface area contributed by atoms with Gasteiger partial charge in [0.15, 0.2) is 0 Å². The van der Waals surface area contributed by atoms with Gasteiger partial charge in [0, 0.05) is 11.5 Å². The Balaban J connectivity index is 2.61. The van der Waals surface area contributed by atoms with Crippen molar-refractivity contribution < 1.29 is 22.8 Å². The second-order valence-electron chi connectivity index (χ2n) is 5.34. The Morgan fingerprint density at radius 2 is 1.62 bits per heavy atom. The molecule has 0 spiro atoms. The maximum Gasteiger partial charge on any atom is 0.412 e.